The van der Waals surface area contributed by atoms with E-state index in [1.165, 1.54) is 0 Å². The third-order valence-electron chi connectivity index (χ3n) is 0.692. The summed E-state index contributed by atoms with van der Waals surface area (Å²) in [7, 11) is 0. The van der Waals surface area contributed by atoms with Crippen molar-refractivity contribution in [3.05, 3.63) is 0 Å². The number of nitrogens with zero attached hydrogens (tertiary/aromatic N) is 1. The van der Waals surface area contributed by atoms with Gasteiger partial charge in [0.15, 0.2) is 0 Å². The lowest BCUT2D eigenvalue weighted by Crippen LogP contribution is -1.95. The van der Waals surface area contributed by atoms with E-state index in [0.717, 1.165) is 0 Å². The van der Waals surface area contributed by atoms with E-state index < -0.39 is 5.91 Å². The molecule has 0 rings (SSSR count). The van der Waals surface area contributed by atoms with Crippen LogP contribution in [0.25, 0.3) is 0 Å². The van der Waals surface area contributed by atoms with Crippen molar-refractivity contribution < 1.29 is 4.79 Å². The third kappa shape index (κ3) is 4.96. The molecule has 3 nitrogen and oxygen atoms in total. The molecule has 0 unspecified atom stereocenters. The number of hydrogen-bond acceptors (Lipinski definition) is 2. The van der Waals surface area contributed by atoms with Gasteiger partial charge in [0.2, 0.25) is 5.91 Å². The van der Waals surface area contributed by atoms with Crippen LogP contribution in [0.2, 0.25) is 0 Å². The van der Waals surface area contributed by atoms with Crippen LogP contribution >= 0.6 is 0 Å². The Hall–Kier alpha value is -1.04. The molecule has 0 atom stereocenters. The molecule has 1 amide bonds. The van der Waals surface area contributed by atoms with Crippen molar-refractivity contribution in [3.63, 3.8) is 0 Å². The first kappa shape index (κ1) is 6.96. The first-order chi connectivity index (χ1) is 3.77. The maximum atomic E-state index is 9.88. The fraction of sp³-hybridized carbons (Fsp3) is 0.600. The van der Waals surface area contributed by atoms with Crippen LogP contribution in [0.15, 0.2) is 0 Å². The summed E-state index contributed by atoms with van der Waals surface area (Å²) in [4.78, 5) is 9.88. The van der Waals surface area contributed by atoms with Gasteiger partial charge in [-0.1, -0.05) is 0 Å². The van der Waals surface area contributed by atoms with Crippen LogP contribution in [0.5, 0.6) is 0 Å². The Morgan fingerprint density at radius 1 is 1.75 bits per heavy atom. The van der Waals surface area contributed by atoms with Gasteiger partial charge in [0.25, 0.3) is 0 Å². The number of carbonyl (C=O) groups is 1. The molecule has 0 saturated heterocycles. The van der Waals surface area contributed by atoms with Gasteiger partial charge in [-0.3, -0.25) is 10.5 Å². The molecule has 0 aliphatic rings. The van der Waals surface area contributed by atoms with Gasteiger partial charge in [-0.05, 0) is 6.42 Å². The summed E-state index contributed by atoms with van der Waals surface area (Å²) in [6.45, 7) is 0. The lowest BCUT2D eigenvalue weighted by Gasteiger charge is -1.84. The van der Waals surface area contributed by atoms with E-state index in [1.54, 1.807) is 0 Å². The number of nitrogens with one attached hydrogen (secondary N) is 1. The van der Waals surface area contributed by atoms with Crippen LogP contribution in [-0.2, 0) is 4.79 Å². The topological polar surface area (TPSA) is 64.7 Å². The highest BCUT2D eigenvalue weighted by Crippen LogP contribution is 1.91. The molecule has 0 heterocycles. The second-order valence-corrected chi connectivity index (χ2v) is 1.43. The number of unbranched alkanes of at least 4 members (excludes halogenated alkanes) is 1. The fourth-order valence-corrected chi connectivity index (χ4v) is 0.328. The second kappa shape index (κ2) is 4.13. The highest BCUT2D eigenvalue weighted by molar-refractivity contribution is 5.72. The van der Waals surface area contributed by atoms with Crippen LogP contribution in [0.3, 0.4) is 0 Å². The molecule has 8 heavy (non-hydrogen) atoms. The minimum atomic E-state index is -0.583. The Balaban J connectivity index is 2.97. The number of nitriles is 1. The van der Waals surface area contributed by atoms with Crippen LogP contribution in [0, 0.1) is 11.3 Å². The summed E-state index contributed by atoms with van der Waals surface area (Å²) < 4.78 is 0. The molecule has 1 N–H and O–H groups in total. The standard InChI is InChI=1S/C5H7N2O/c6-4-2-1-3-5(7)8/h7H,1-3H2. The lowest BCUT2D eigenvalue weighted by atomic mass is 10.2. The summed E-state index contributed by atoms with van der Waals surface area (Å²) in [5.41, 5.74) is 6.41. The predicted octanol–water partition coefficient (Wildman–Crippen LogP) is 0.490. The molecule has 1 radical (unpaired) electrons. The zero-order valence-electron chi connectivity index (χ0n) is 4.48. The molecule has 0 bridgehead atoms. The van der Waals surface area contributed by atoms with Crippen molar-refractivity contribution in [2.45, 2.75) is 19.3 Å². The van der Waals surface area contributed by atoms with Gasteiger partial charge in [0.05, 0.1) is 6.07 Å². The molecule has 0 aromatic carbocycles. The normalized spacial score (nSPS) is 7.88. The molecule has 43 valence electrons. The Bertz CT molecular complexity index is 114. The highest BCUT2D eigenvalue weighted by Gasteiger charge is 1.91. The average molecular weight is 111 g/mol. The SMILES string of the molecule is N#CCCCC([NH])=O. The van der Waals surface area contributed by atoms with E-state index in [0.29, 0.717) is 12.8 Å². The van der Waals surface area contributed by atoms with E-state index in [9.17, 15) is 4.79 Å². The molecule has 0 aliphatic carbocycles. The van der Waals surface area contributed by atoms with Gasteiger partial charge in [-0.25, -0.2) is 0 Å². The van der Waals surface area contributed by atoms with E-state index in [-0.39, 0.29) is 6.42 Å². The molecule has 0 aromatic heterocycles. The zero-order chi connectivity index (χ0) is 6.41. The first-order valence-corrected chi connectivity index (χ1v) is 2.38. The summed E-state index contributed by atoms with van der Waals surface area (Å²) in [6, 6.07) is 1.89. The molecular weight excluding hydrogens is 104 g/mol. The van der Waals surface area contributed by atoms with Crippen molar-refractivity contribution in [2.75, 3.05) is 0 Å². The maximum absolute atomic E-state index is 9.88. The molecule has 0 fully saturated rings. The van der Waals surface area contributed by atoms with Crippen molar-refractivity contribution in [2.24, 2.45) is 0 Å². The number of rotatable bonds is 3. The van der Waals surface area contributed by atoms with Gasteiger partial charge in [0, 0.05) is 12.8 Å². The molecule has 3 heteroatoms. The second-order valence-electron chi connectivity index (χ2n) is 1.43. The van der Waals surface area contributed by atoms with Gasteiger partial charge in [-0.15, -0.1) is 0 Å². The quantitative estimate of drug-likeness (QED) is 0.497. The third-order valence-corrected chi connectivity index (χ3v) is 0.692. The van der Waals surface area contributed by atoms with Gasteiger partial charge >= 0.3 is 0 Å². The molecule has 0 aliphatic heterocycles. The summed E-state index contributed by atoms with van der Waals surface area (Å²) in [6.07, 6.45) is 1.12. The van der Waals surface area contributed by atoms with E-state index in [4.69, 9.17) is 11.0 Å². The summed E-state index contributed by atoms with van der Waals surface area (Å²) in [5, 5.41) is 7.96. The number of carbonyl (C=O) groups excluding carboxylic acids is 1. The Kier molecular flexibility index (Phi) is 3.59. The minimum absolute atomic E-state index is 0.216. The monoisotopic (exact) mass is 111 g/mol. The van der Waals surface area contributed by atoms with E-state index in [1.807, 2.05) is 6.07 Å². The van der Waals surface area contributed by atoms with Crippen LogP contribution < -0.4 is 5.73 Å². The van der Waals surface area contributed by atoms with Crippen molar-refractivity contribution >= 4 is 5.91 Å². The fourth-order valence-electron chi connectivity index (χ4n) is 0.328. The summed E-state index contributed by atoms with van der Waals surface area (Å²) >= 11 is 0. The number of amides is 1. The lowest BCUT2D eigenvalue weighted by molar-refractivity contribution is -0.118. The van der Waals surface area contributed by atoms with Crippen molar-refractivity contribution in [1.82, 2.24) is 5.73 Å². The zero-order valence-corrected chi connectivity index (χ0v) is 4.48. The molecule has 0 spiro atoms. The van der Waals surface area contributed by atoms with E-state index in [2.05, 4.69) is 0 Å². The number of hydrogen-bond donors (Lipinski definition) is 0. The smallest absolute Gasteiger partial charge is 0.238 e. The van der Waals surface area contributed by atoms with Crippen molar-refractivity contribution in [3.8, 4) is 6.07 Å². The Morgan fingerprint density at radius 2 is 2.38 bits per heavy atom. The molecule has 0 saturated carbocycles. The van der Waals surface area contributed by atoms with Crippen LogP contribution in [0.4, 0.5) is 0 Å². The van der Waals surface area contributed by atoms with Crippen molar-refractivity contribution in [1.29, 1.82) is 5.26 Å². The largest absolute Gasteiger partial charge is 0.273 e. The van der Waals surface area contributed by atoms with Gasteiger partial charge in [-0.2, -0.15) is 5.26 Å². The Labute approximate surface area is 48.1 Å². The summed E-state index contributed by atoms with van der Waals surface area (Å²) in [5.74, 6) is -0.583. The van der Waals surface area contributed by atoms with E-state index >= 15 is 0 Å². The Morgan fingerprint density at radius 3 is 2.75 bits per heavy atom. The maximum Gasteiger partial charge on any atom is 0.238 e. The van der Waals surface area contributed by atoms with Crippen LogP contribution in [0.1, 0.15) is 19.3 Å². The van der Waals surface area contributed by atoms with Gasteiger partial charge < -0.3 is 0 Å². The average Bonchev–Trinajstić information content (AvgIpc) is 1.66. The molecule has 0 aromatic rings. The predicted molar refractivity (Wildman–Crippen MR) is 27.6 cm³/mol. The van der Waals surface area contributed by atoms with Crippen LogP contribution in [-0.4, -0.2) is 5.91 Å². The highest BCUT2D eigenvalue weighted by atomic mass is 16.1. The minimum Gasteiger partial charge on any atom is -0.273 e. The first-order valence-electron chi connectivity index (χ1n) is 2.38. The molecular formula is C5H7N2O. The van der Waals surface area contributed by atoms with Gasteiger partial charge in [0.1, 0.15) is 0 Å².